The fourth-order valence-corrected chi connectivity index (χ4v) is 2.76. The Bertz CT molecular complexity index is 683. The molecular formula is C18H27IN6O. The fourth-order valence-electron chi connectivity index (χ4n) is 2.76. The molecule has 7 nitrogen and oxygen atoms in total. The smallest absolute Gasteiger partial charge is 0.191 e. The molecule has 3 rings (SSSR count). The van der Waals surface area contributed by atoms with Crippen LogP contribution in [0.4, 0.5) is 5.82 Å². The summed E-state index contributed by atoms with van der Waals surface area (Å²) >= 11 is 0. The van der Waals surface area contributed by atoms with E-state index in [1.807, 2.05) is 18.3 Å². The maximum atomic E-state index is 5.07. The lowest BCUT2D eigenvalue weighted by atomic mass is 10.2. The van der Waals surface area contributed by atoms with Crippen molar-refractivity contribution in [3.63, 3.8) is 0 Å². The van der Waals surface area contributed by atoms with Gasteiger partial charge in [-0.15, -0.1) is 24.0 Å². The molecule has 0 saturated carbocycles. The van der Waals surface area contributed by atoms with Crippen molar-refractivity contribution >= 4 is 35.8 Å². The summed E-state index contributed by atoms with van der Waals surface area (Å²) in [4.78, 5) is 13.5. The van der Waals surface area contributed by atoms with Gasteiger partial charge in [-0.2, -0.15) is 0 Å². The molecule has 1 aliphatic rings. The Morgan fingerprint density at radius 1 is 1.15 bits per heavy atom. The van der Waals surface area contributed by atoms with Crippen LogP contribution in [-0.2, 0) is 13.1 Å². The van der Waals surface area contributed by atoms with Crippen LogP contribution in [0.3, 0.4) is 0 Å². The molecule has 0 spiro atoms. The molecule has 8 heteroatoms. The standard InChI is InChI=1S/C18H26N6O.HI/c1-19-18(22-13-16-4-10-25-14-16)21-12-15-3-5-20-17(11-15)24-8-6-23(2)7-9-24;/h3-5,10-11,14H,6-9,12-13H2,1-2H3,(H2,19,21,22);1H. The van der Waals surface area contributed by atoms with Crippen molar-refractivity contribution in [2.24, 2.45) is 4.99 Å². The summed E-state index contributed by atoms with van der Waals surface area (Å²) in [5.41, 5.74) is 2.28. The van der Waals surface area contributed by atoms with Gasteiger partial charge in [-0.25, -0.2) is 4.98 Å². The monoisotopic (exact) mass is 470 g/mol. The third-order valence-electron chi connectivity index (χ3n) is 4.36. The average Bonchev–Trinajstić information content (AvgIpc) is 3.16. The minimum atomic E-state index is 0. The topological polar surface area (TPSA) is 68.9 Å². The van der Waals surface area contributed by atoms with E-state index >= 15 is 0 Å². The Morgan fingerprint density at radius 3 is 2.54 bits per heavy atom. The van der Waals surface area contributed by atoms with Crippen molar-refractivity contribution in [3.8, 4) is 0 Å². The molecule has 1 saturated heterocycles. The average molecular weight is 470 g/mol. The summed E-state index contributed by atoms with van der Waals surface area (Å²) in [6.45, 7) is 5.58. The molecule has 2 aromatic heterocycles. The lowest BCUT2D eigenvalue weighted by molar-refractivity contribution is 0.312. The molecule has 1 fully saturated rings. The molecule has 0 radical (unpaired) electrons. The fraction of sp³-hybridized carbons (Fsp3) is 0.444. The van der Waals surface area contributed by atoms with E-state index in [0.717, 1.165) is 43.5 Å². The number of likely N-dealkylation sites (N-methyl/N-ethyl adjacent to an activating group) is 1. The van der Waals surface area contributed by atoms with Gasteiger partial charge in [-0.3, -0.25) is 4.99 Å². The van der Waals surface area contributed by atoms with E-state index in [1.54, 1.807) is 19.6 Å². The minimum Gasteiger partial charge on any atom is -0.472 e. The zero-order valence-electron chi connectivity index (χ0n) is 15.3. The highest BCUT2D eigenvalue weighted by molar-refractivity contribution is 14.0. The highest BCUT2D eigenvalue weighted by Gasteiger charge is 2.15. The van der Waals surface area contributed by atoms with Gasteiger partial charge in [-0.1, -0.05) is 0 Å². The first-order valence-electron chi connectivity index (χ1n) is 8.58. The minimum absolute atomic E-state index is 0. The first-order chi connectivity index (χ1) is 12.2. The molecule has 26 heavy (non-hydrogen) atoms. The van der Waals surface area contributed by atoms with Gasteiger partial charge in [-0.05, 0) is 30.8 Å². The first-order valence-corrected chi connectivity index (χ1v) is 8.58. The van der Waals surface area contributed by atoms with Gasteiger partial charge in [0.15, 0.2) is 5.96 Å². The highest BCUT2D eigenvalue weighted by atomic mass is 127. The van der Waals surface area contributed by atoms with Crippen molar-refractivity contribution in [3.05, 3.63) is 48.0 Å². The molecule has 1 aliphatic heterocycles. The van der Waals surface area contributed by atoms with Crippen LogP contribution >= 0.6 is 24.0 Å². The largest absolute Gasteiger partial charge is 0.472 e. The second kappa shape index (κ2) is 10.4. The van der Waals surface area contributed by atoms with Gasteiger partial charge < -0.3 is 24.9 Å². The van der Waals surface area contributed by atoms with E-state index in [4.69, 9.17) is 4.42 Å². The Morgan fingerprint density at radius 2 is 1.88 bits per heavy atom. The number of nitrogens with zero attached hydrogens (tertiary/aromatic N) is 4. The van der Waals surface area contributed by atoms with Crippen LogP contribution in [0, 0.1) is 0 Å². The maximum Gasteiger partial charge on any atom is 0.191 e. The van der Waals surface area contributed by atoms with Crippen LogP contribution in [0.25, 0.3) is 0 Å². The number of rotatable bonds is 5. The molecule has 0 bridgehead atoms. The number of guanidine groups is 1. The summed E-state index contributed by atoms with van der Waals surface area (Å²) in [7, 11) is 3.93. The summed E-state index contributed by atoms with van der Waals surface area (Å²) in [6, 6.07) is 6.13. The van der Waals surface area contributed by atoms with E-state index < -0.39 is 0 Å². The summed E-state index contributed by atoms with van der Waals surface area (Å²) in [6.07, 6.45) is 5.28. The third-order valence-corrected chi connectivity index (χ3v) is 4.36. The van der Waals surface area contributed by atoms with Crippen LogP contribution in [0.2, 0.25) is 0 Å². The lowest BCUT2D eigenvalue weighted by Gasteiger charge is -2.33. The van der Waals surface area contributed by atoms with Crippen molar-refractivity contribution < 1.29 is 4.42 Å². The number of aliphatic imine (C=N–C) groups is 1. The van der Waals surface area contributed by atoms with Gasteiger partial charge >= 0.3 is 0 Å². The molecule has 0 aromatic carbocycles. The van der Waals surface area contributed by atoms with E-state index in [9.17, 15) is 0 Å². The highest BCUT2D eigenvalue weighted by Crippen LogP contribution is 2.14. The van der Waals surface area contributed by atoms with Crippen molar-refractivity contribution in [2.45, 2.75) is 13.1 Å². The number of pyridine rings is 1. The number of aromatic nitrogens is 1. The van der Waals surface area contributed by atoms with Gasteiger partial charge in [0, 0.05) is 58.1 Å². The van der Waals surface area contributed by atoms with Gasteiger partial charge in [0.05, 0.1) is 12.5 Å². The number of halogens is 1. The predicted octanol–water partition coefficient (Wildman–Crippen LogP) is 1.91. The molecule has 0 amide bonds. The molecule has 2 N–H and O–H groups in total. The Balaban J connectivity index is 0.00000243. The zero-order valence-corrected chi connectivity index (χ0v) is 17.6. The number of piperazine rings is 1. The van der Waals surface area contributed by atoms with Crippen molar-refractivity contribution in [2.75, 3.05) is 45.2 Å². The normalized spacial score (nSPS) is 15.5. The van der Waals surface area contributed by atoms with E-state index in [0.29, 0.717) is 13.1 Å². The molecule has 142 valence electrons. The van der Waals surface area contributed by atoms with Crippen LogP contribution in [0.15, 0.2) is 46.3 Å². The van der Waals surface area contributed by atoms with E-state index in [-0.39, 0.29) is 24.0 Å². The maximum absolute atomic E-state index is 5.07. The summed E-state index contributed by atoms with van der Waals surface area (Å²) in [5, 5.41) is 6.61. The number of furan rings is 1. The van der Waals surface area contributed by atoms with Gasteiger partial charge in [0.1, 0.15) is 5.82 Å². The molecule has 3 heterocycles. The Hall–Kier alpha value is -1.81. The quantitative estimate of drug-likeness (QED) is 0.396. The Kier molecular flexibility index (Phi) is 8.17. The number of hydrogen-bond donors (Lipinski definition) is 2. The summed E-state index contributed by atoms with van der Waals surface area (Å²) < 4.78 is 5.07. The first kappa shape index (κ1) is 20.5. The van der Waals surface area contributed by atoms with Gasteiger partial charge in [0.2, 0.25) is 0 Å². The third kappa shape index (κ3) is 5.87. The molecule has 0 unspecified atom stereocenters. The lowest BCUT2D eigenvalue weighted by Crippen LogP contribution is -2.44. The van der Waals surface area contributed by atoms with E-state index in [1.165, 1.54) is 5.56 Å². The zero-order chi connectivity index (χ0) is 17.5. The van der Waals surface area contributed by atoms with Gasteiger partial charge in [0.25, 0.3) is 0 Å². The van der Waals surface area contributed by atoms with Crippen molar-refractivity contribution in [1.82, 2.24) is 20.5 Å². The Labute approximate surface area is 171 Å². The van der Waals surface area contributed by atoms with Crippen LogP contribution in [-0.4, -0.2) is 56.1 Å². The van der Waals surface area contributed by atoms with Crippen LogP contribution in [0.5, 0.6) is 0 Å². The molecular weight excluding hydrogens is 443 g/mol. The number of hydrogen-bond acceptors (Lipinski definition) is 5. The van der Waals surface area contributed by atoms with E-state index in [2.05, 4.69) is 43.5 Å². The molecule has 0 atom stereocenters. The second-order valence-corrected chi connectivity index (χ2v) is 6.22. The predicted molar refractivity (Wildman–Crippen MR) is 115 cm³/mol. The molecule has 0 aliphatic carbocycles. The summed E-state index contributed by atoms with van der Waals surface area (Å²) in [5.74, 6) is 1.81. The number of nitrogens with one attached hydrogen (secondary N) is 2. The second-order valence-electron chi connectivity index (χ2n) is 6.22. The van der Waals surface area contributed by atoms with Crippen LogP contribution in [0.1, 0.15) is 11.1 Å². The SMILES string of the molecule is CN=C(NCc1ccoc1)NCc1ccnc(N2CCN(C)CC2)c1.I. The van der Waals surface area contributed by atoms with Crippen molar-refractivity contribution in [1.29, 1.82) is 0 Å². The molecule has 2 aromatic rings. The van der Waals surface area contributed by atoms with Crippen LogP contribution < -0.4 is 15.5 Å². The number of anilines is 1.